The molecule has 1 aromatic rings. The topological polar surface area (TPSA) is 0 Å². The van der Waals surface area contributed by atoms with Crippen LogP contribution in [0.25, 0.3) is 6.08 Å². The van der Waals surface area contributed by atoms with Crippen LogP contribution in [0.5, 0.6) is 0 Å². The van der Waals surface area contributed by atoms with E-state index in [0.717, 1.165) is 6.42 Å². The third-order valence-electron chi connectivity index (χ3n) is 2.03. The van der Waals surface area contributed by atoms with E-state index >= 15 is 0 Å². The number of thioether (sulfide) groups is 1. The third-order valence-corrected chi connectivity index (χ3v) is 3.27. The van der Waals surface area contributed by atoms with Crippen molar-refractivity contribution >= 4 is 33.8 Å². The maximum atomic E-state index is 3.52. The van der Waals surface area contributed by atoms with Crippen molar-refractivity contribution in [1.29, 1.82) is 0 Å². The summed E-state index contributed by atoms with van der Waals surface area (Å²) in [7, 11) is 0. The van der Waals surface area contributed by atoms with Gasteiger partial charge in [-0.15, -0.1) is 11.8 Å². The number of benzene rings is 1. The summed E-state index contributed by atoms with van der Waals surface area (Å²) in [6, 6.07) is 4.38. The molecular weight excluding hydrogens is 232 g/mol. The summed E-state index contributed by atoms with van der Waals surface area (Å²) in [5.74, 6) is 0. The van der Waals surface area contributed by atoms with Crippen molar-refractivity contribution in [3.63, 3.8) is 0 Å². The number of fused-ring (bicyclic) bond motifs is 1. The van der Waals surface area contributed by atoms with Crippen molar-refractivity contribution in [3.05, 3.63) is 33.8 Å². The monoisotopic (exact) mass is 240 g/mol. The predicted molar refractivity (Wildman–Crippen MR) is 58.7 cm³/mol. The molecule has 0 heterocycles. The SMILES string of the molecule is CSc1cc(Br)cc2c1C=CC2. The molecule has 2 heteroatoms. The van der Waals surface area contributed by atoms with Crippen molar-refractivity contribution in [2.45, 2.75) is 11.3 Å². The van der Waals surface area contributed by atoms with Gasteiger partial charge in [-0.05, 0) is 35.9 Å². The number of hydrogen-bond acceptors (Lipinski definition) is 1. The van der Waals surface area contributed by atoms with Crippen LogP contribution in [0.3, 0.4) is 0 Å². The minimum atomic E-state index is 1.09. The van der Waals surface area contributed by atoms with Crippen molar-refractivity contribution in [1.82, 2.24) is 0 Å². The van der Waals surface area contributed by atoms with Gasteiger partial charge >= 0.3 is 0 Å². The van der Waals surface area contributed by atoms with E-state index < -0.39 is 0 Å². The Hall–Kier alpha value is -0.210. The molecule has 1 aromatic carbocycles. The summed E-state index contributed by atoms with van der Waals surface area (Å²) in [6.45, 7) is 0. The number of halogens is 1. The van der Waals surface area contributed by atoms with E-state index in [2.05, 4.69) is 46.5 Å². The zero-order chi connectivity index (χ0) is 8.55. The molecule has 0 atom stereocenters. The Bertz CT molecular complexity index is 342. The van der Waals surface area contributed by atoms with Crippen LogP contribution in [-0.4, -0.2) is 6.26 Å². The van der Waals surface area contributed by atoms with Gasteiger partial charge in [0.05, 0.1) is 0 Å². The second kappa shape index (κ2) is 3.27. The lowest BCUT2D eigenvalue weighted by molar-refractivity contribution is 1.25. The van der Waals surface area contributed by atoms with Gasteiger partial charge in [-0.1, -0.05) is 28.1 Å². The molecule has 0 fully saturated rings. The Morgan fingerprint density at radius 2 is 2.25 bits per heavy atom. The van der Waals surface area contributed by atoms with Gasteiger partial charge in [-0.2, -0.15) is 0 Å². The highest BCUT2D eigenvalue weighted by Gasteiger charge is 2.09. The summed E-state index contributed by atoms with van der Waals surface area (Å²) in [5, 5.41) is 0. The second-order valence-electron chi connectivity index (χ2n) is 2.79. The molecule has 0 spiro atoms. The van der Waals surface area contributed by atoms with Crippen LogP contribution in [0.2, 0.25) is 0 Å². The fourth-order valence-corrected chi connectivity index (χ4v) is 2.80. The summed E-state index contributed by atoms with van der Waals surface area (Å²) >= 11 is 5.32. The zero-order valence-electron chi connectivity index (χ0n) is 6.80. The largest absolute Gasteiger partial charge is 0.129 e. The molecule has 0 bridgehead atoms. The molecule has 12 heavy (non-hydrogen) atoms. The van der Waals surface area contributed by atoms with Gasteiger partial charge in [0.15, 0.2) is 0 Å². The van der Waals surface area contributed by atoms with Crippen LogP contribution in [0.4, 0.5) is 0 Å². The van der Waals surface area contributed by atoms with Gasteiger partial charge in [0.2, 0.25) is 0 Å². The molecule has 0 amide bonds. The molecule has 2 rings (SSSR count). The smallest absolute Gasteiger partial charge is 0.0189 e. The van der Waals surface area contributed by atoms with Crippen LogP contribution in [0.15, 0.2) is 27.6 Å². The number of rotatable bonds is 1. The summed E-state index contributed by atoms with van der Waals surface area (Å²) in [5.41, 5.74) is 2.85. The summed E-state index contributed by atoms with van der Waals surface area (Å²) in [4.78, 5) is 1.37. The molecule has 1 aliphatic rings. The van der Waals surface area contributed by atoms with Crippen LogP contribution in [0.1, 0.15) is 11.1 Å². The highest BCUT2D eigenvalue weighted by Crippen LogP contribution is 2.32. The van der Waals surface area contributed by atoms with Gasteiger partial charge < -0.3 is 0 Å². The first-order valence-electron chi connectivity index (χ1n) is 3.84. The molecule has 0 aliphatic heterocycles. The summed E-state index contributed by atoms with van der Waals surface area (Å²) < 4.78 is 1.19. The Morgan fingerprint density at radius 3 is 3.00 bits per heavy atom. The first-order chi connectivity index (χ1) is 5.81. The molecule has 0 N–H and O–H groups in total. The first-order valence-corrected chi connectivity index (χ1v) is 5.86. The molecule has 0 aromatic heterocycles. The predicted octanol–water partition coefficient (Wildman–Crippen LogP) is 3.74. The minimum absolute atomic E-state index is 1.09. The fourth-order valence-electron chi connectivity index (χ4n) is 1.48. The van der Waals surface area contributed by atoms with E-state index in [1.807, 2.05) is 11.8 Å². The van der Waals surface area contributed by atoms with E-state index in [1.165, 1.54) is 20.5 Å². The van der Waals surface area contributed by atoms with Crippen LogP contribution in [0, 0.1) is 0 Å². The normalized spacial score (nSPS) is 13.5. The van der Waals surface area contributed by atoms with E-state index in [1.54, 1.807) is 0 Å². The van der Waals surface area contributed by atoms with E-state index in [-0.39, 0.29) is 0 Å². The zero-order valence-corrected chi connectivity index (χ0v) is 9.21. The molecule has 1 aliphatic carbocycles. The van der Waals surface area contributed by atoms with Crippen LogP contribution in [-0.2, 0) is 6.42 Å². The van der Waals surface area contributed by atoms with Crippen molar-refractivity contribution in [2.24, 2.45) is 0 Å². The van der Waals surface area contributed by atoms with Crippen LogP contribution >= 0.6 is 27.7 Å². The third kappa shape index (κ3) is 1.34. The van der Waals surface area contributed by atoms with E-state index in [4.69, 9.17) is 0 Å². The maximum absolute atomic E-state index is 3.52. The molecule has 0 saturated heterocycles. The van der Waals surface area contributed by atoms with Gasteiger partial charge in [-0.25, -0.2) is 0 Å². The molecule has 0 radical (unpaired) electrons. The average Bonchev–Trinajstić information content (AvgIpc) is 2.50. The number of hydrogen-bond donors (Lipinski definition) is 0. The lowest BCUT2D eigenvalue weighted by Crippen LogP contribution is -1.84. The van der Waals surface area contributed by atoms with Crippen LogP contribution < -0.4 is 0 Å². The maximum Gasteiger partial charge on any atom is 0.0189 e. The minimum Gasteiger partial charge on any atom is -0.129 e. The average molecular weight is 241 g/mol. The van der Waals surface area contributed by atoms with Gasteiger partial charge in [0.1, 0.15) is 0 Å². The lowest BCUT2D eigenvalue weighted by Gasteiger charge is -2.05. The molecular formula is C10H9BrS. The number of allylic oxidation sites excluding steroid dienone is 1. The van der Waals surface area contributed by atoms with E-state index in [0.29, 0.717) is 0 Å². The van der Waals surface area contributed by atoms with Gasteiger partial charge in [0, 0.05) is 9.37 Å². The first kappa shape index (κ1) is 8.39. The standard InChI is InChI=1S/C10H9BrS/c1-12-10-6-8(11)5-7-3-2-4-9(7)10/h2,4-6H,3H2,1H3. The molecule has 0 saturated carbocycles. The van der Waals surface area contributed by atoms with Crippen molar-refractivity contribution < 1.29 is 0 Å². The van der Waals surface area contributed by atoms with Gasteiger partial charge in [-0.3, -0.25) is 0 Å². The van der Waals surface area contributed by atoms with Gasteiger partial charge in [0.25, 0.3) is 0 Å². The summed E-state index contributed by atoms with van der Waals surface area (Å²) in [6.07, 6.45) is 7.64. The Morgan fingerprint density at radius 1 is 1.42 bits per heavy atom. The van der Waals surface area contributed by atoms with Crippen molar-refractivity contribution in [3.8, 4) is 0 Å². The lowest BCUT2D eigenvalue weighted by atomic mass is 10.1. The quantitative estimate of drug-likeness (QED) is 0.675. The Kier molecular flexibility index (Phi) is 2.28. The van der Waals surface area contributed by atoms with E-state index in [9.17, 15) is 0 Å². The molecule has 0 unspecified atom stereocenters. The second-order valence-corrected chi connectivity index (χ2v) is 4.55. The Balaban J connectivity index is 2.60. The molecule has 0 nitrogen and oxygen atoms in total. The highest BCUT2D eigenvalue weighted by molar-refractivity contribution is 9.10. The molecule has 62 valence electrons. The van der Waals surface area contributed by atoms with Crippen molar-refractivity contribution in [2.75, 3.05) is 6.26 Å². The fraction of sp³-hybridized carbons (Fsp3) is 0.200. The highest BCUT2D eigenvalue weighted by atomic mass is 79.9. The Labute approximate surface area is 85.2 Å².